The van der Waals surface area contributed by atoms with E-state index in [1.54, 1.807) is 0 Å². The number of carbonyl (C=O) groups is 1. The molecule has 1 amide bonds. The number of ether oxygens (including phenoxy) is 1. The van der Waals surface area contributed by atoms with Gasteiger partial charge in [0.25, 0.3) is 11.5 Å². The van der Waals surface area contributed by atoms with Crippen LogP contribution in [-0.2, 0) is 17.0 Å². The van der Waals surface area contributed by atoms with Crippen molar-refractivity contribution in [3.8, 4) is 5.75 Å². The molecule has 0 unspecified atom stereocenters. The zero-order valence-electron chi connectivity index (χ0n) is 19.1. The molecular weight excluding hydrogens is 468 g/mol. The Hall–Kier alpha value is -3.17. The molecule has 0 aliphatic carbocycles. The minimum absolute atomic E-state index is 0.176. The number of hydrogen-bond donors (Lipinski definition) is 1. The molecule has 1 N–H and O–H groups in total. The molecule has 0 spiro atoms. The van der Waals surface area contributed by atoms with Crippen molar-refractivity contribution in [3.05, 3.63) is 81.7 Å². The molecule has 2 aromatic heterocycles. The van der Waals surface area contributed by atoms with Crippen LogP contribution < -0.4 is 15.6 Å². The van der Waals surface area contributed by atoms with Crippen molar-refractivity contribution in [1.29, 1.82) is 0 Å². The first-order valence-electron chi connectivity index (χ1n) is 11.2. The van der Waals surface area contributed by atoms with Crippen LogP contribution in [0.5, 0.6) is 5.75 Å². The highest BCUT2D eigenvalue weighted by Crippen LogP contribution is 2.30. The van der Waals surface area contributed by atoms with Gasteiger partial charge in [0, 0.05) is 23.1 Å². The van der Waals surface area contributed by atoms with Gasteiger partial charge in [-0.05, 0) is 37.1 Å². The molecular formula is C25H26N4O3S2. The van der Waals surface area contributed by atoms with Gasteiger partial charge < -0.3 is 10.1 Å². The fourth-order valence-corrected chi connectivity index (χ4v) is 5.25. The van der Waals surface area contributed by atoms with Gasteiger partial charge >= 0.3 is 0 Å². The van der Waals surface area contributed by atoms with Gasteiger partial charge in [-0.1, -0.05) is 55.5 Å². The van der Waals surface area contributed by atoms with E-state index >= 15 is 0 Å². The Morgan fingerprint density at radius 1 is 1.15 bits per heavy atom. The number of nitrogens with one attached hydrogen (secondary N) is 1. The number of anilines is 1. The van der Waals surface area contributed by atoms with E-state index in [0.717, 1.165) is 22.7 Å². The molecule has 4 aromatic rings. The Morgan fingerprint density at radius 2 is 1.91 bits per heavy atom. The van der Waals surface area contributed by atoms with Gasteiger partial charge in [-0.15, -0.1) is 11.8 Å². The summed E-state index contributed by atoms with van der Waals surface area (Å²) in [6.07, 6.45) is 1.74. The fraction of sp³-hybridized carbons (Fsp3) is 0.280. The van der Waals surface area contributed by atoms with E-state index < -0.39 is 6.10 Å². The van der Waals surface area contributed by atoms with Crippen LogP contribution in [0.15, 0.2) is 70.4 Å². The first kappa shape index (κ1) is 24.0. The van der Waals surface area contributed by atoms with Gasteiger partial charge in [0.15, 0.2) is 6.10 Å². The number of carbonyl (C=O) groups excluding carboxylic acids is 1. The van der Waals surface area contributed by atoms with Crippen LogP contribution in [0.2, 0.25) is 0 Å². The predicted molar refractivity (Wildman–Crippen MR) is 137 cm³/mol. The number of rotatable bonds is 10. The highest BCUT2D eigenvalue weighted by atomic mass is 32.2. The van der Waals surface area contributed by atoms with E-state index in [-0.39, 0.29) is 11.5 Å². The molecule has 7 nitrogen and oxygen atoms in total. The summed E-state index contributed by atoms with van der Waals surface area (Å²) in [4.78, 5) is 31.5. The van der Waals surface area contributed by atoms with Crippen molar-refractivity contribution in [2.24, 2.45) is 0 Å². The van der Waals surface area contributed by atoms with Crippen LogP contribution in [0, 0.1) is 0 Å². The van der Waals surface area contributed by atoms with Gasteiger partial charge in [-0.25, -0.2) is 4.98 Å². The maximum Gasteiger partial charge on any atom is 0.275 e. The lowest BCUT2D eigenvalue weighted by Gasteiger charge is -2.18. The second kappa shape index (κ2) is 11.3. The molecule has 9 heteroatoms. The number of amides is 1. The maximum atomic E-state index is 12.9. The molecule has 0 aliphatic rings. The first-order chi connectivity index (χ1) is 16.6. The van der Waals surface area contributed by atoms with Crippen molar-refractivity contribution in [2.75, 3.05) is 5.32 Å². The van der Waals surface area contributed by atoms with Gasteiger partial charge in [0.05, 0.1) is 11.4 Å². The van der Waals surface area contributed by atoms with E-state index in [2.05, 4.69) is 22.3 Å². The van der Waals surface area contributed by atoms with Crippen LogP contribution >= 0.6 is 23.1 Å². The second-order valence-electron chi connectivity index (χ2n) is 7.63. The van der Waals surface area contributed by atoms with Crippen molar-refractivity contribution in [3.63, 3.8) is 0 Å². The van der Waals surface area contributed by atoms with Gasteiger partial charge in [0.1, 0.15) is 10.8 Å². The summed E-state index contributed by atoms with van der Waals surface area (Å²) in [6, 6.07) is 18.4. The normalized spacial score (nSPS) is 11.9. The van der Waals surface area contributed by atoms with Gasteiger partial charge in [0.2, 0.25) is 4.96 Å². The molecule has 0 saturated carbocycles. The molecule has 0 aliphatic heterocycles. The smallest absolute Gasteiger partial charge is 0.275 e. The number of aryl methyl sites for hydroxylation is 1. The molecule has 34 heavy (non-hydrogen) atoms. The van der Waals surface area contributed by atoms with Crippen molar-refractivity contribution < 1.29 is 9.53 Å². The Bertz CT molecular complexity index is 1320. The Kier molecular flexibility index (Phi) is 7.97. The summed E-state index contributed by atoms with van der Waals surface area (Å²) in [5.74, 6) is 0.951. The fourth-order valence-electron chi connectivity index (χ4n) is 3.33. The molecule has 4 rings (SSSR count). The standard InChI is InChI=1S/C25H26N4O3S2/c1-3-10-22-28-29-23(30)15-17(26-25(29)34-22)16-33-21-14-9-8-13-19(21)27-24(31)20(4-2)32-18-11-6-5-7-12-18/h5-9,11-15,20H,3-4,10,16H2,1-2H3,(H,27,31)/t20-/m1/s1. The summed E-state index contributed by atoms with van der Waals surface area (Å²) in [5.41, 5.74) is 1.21. The quantitative estimate of drug-likeness (QED) is 0.305. The molecule has 0 radical (unpaired) electrons. The van der Waals surface area contributed by atoms with Crippen LogP contribution in [0.3, 0.4) is 0 Å². The SMILES string of the molecule is CCCc1nn2c(=O)cc(CSc3ccccc3NC(=O)[C@@H](CC)Oc3ccccc3)nc2s1. The lowest BCUT2D eigenvalue weighted by Crippen LogP contribution is -2.32. The number of hydrogen-bond acceptors (Lipinski definition) is 7. The van der Waals surface area contributed by atoms with Crippen molar-refractivity contribution in [2.45, 2.75) is 49.9 Å². The van der Waals surface area contributed by atoms with E-state index in [4.69, 9.17) is 4.74 Å². The van der Waals surface area contributed by atoms with Crippen LogP contribution in [0.1, 0.15) is 37.4 Å². The number of nitrogens with zero attached hydrogens (tertiary/aromatic N) is 3. The number of fused-ring (bicyclic) bond motifs is 1. The second-order valence-corrected chi connectivity index (χ2v) is 9.69. The molecule has 176 valence electrons. The average molecular weight is 495 g/mol. The average Bonchev–Trinajstić information content (AvgIpc) is 3.26. The summed E-state index contributed by atoms with van der Waals surface area (Å²) in [7, 11) is 0. The van der Waals surface area contributed by atoms with E-state index in [0.29, 0.717) is 34.3 Å². The highest BCUT2D eigenvalue weighted by Gasteiger charge is 2.20. The first-order valence-corrected chi connectivity index (χ1v) is 13.0. The number of thioether (sulfide) groups is 1. The number of aromatic nitrogens is 3. The third kappa shape index (κ3) is 5.84. The van der Waals surface area contributed by atoms with Crippen LogP contribution in [0.25, 0.3) is 4.96 Å². The summed E-state index contributed by atoms with van der Waals surface area (Å²) in [5, 5.41) is 8.26. The van der Waals surface area contributed by atoms with E-state index in [1.165, 1.54) is 33.7 Å². The zero-order chi connectivity index (χ0) is 23.9. The third-order valence-corrected chi connectivity index (χ3v) is 7.08. The largest absolute Gasteiger partial charge is 0.481 e. The van der Waals surface area contributed by atoms with Crippen LogP contribution in [-0.4, -0.2) is 26.6 Å². The van der Waals surface area contributed by atoms with Crippen molar-refractivity contribution >= 4 is 39.7 Å². The molecule has 0 fully saturated rings. The lowest BCUT2D eigenvalue weighted by molar-refractivity contribution is -0.122. The molecule has 0 saturated heterocycles. The van der Waals surface area contributed by atoms with Gasteiger partial charge in [-0.3, -0.25) is 9.59 Å². The number of benzene rings is 2. The Balaban J connectivity index is 1.46. The molecule has 1 atom stereocenters. The van der Waals surface area contributed by atoms with E-state index in [9.17, 15) is 9.59 Å². The monoisotopic (exact) mass is 494 g/mol. The van der Waals surface area contributed by atoms with Gasteiger partial charge in [-0.2, -0.15) is 9.61 Å². The predicted octanol–water partition coefficient (Wildman–Crippen LogP) is 5.19. The third-order valence-electron chi connectivity index (χ3n) is 5.01. The molecule has 0 bridgehead atoms. The number of para-hydroxylation sites is 2. The summed E-state index contributed by atoms with van der Waals surface area (Å²) < 4.78 is 7.24. The summed E-state index contributed by atoms with van der Waals surface area (Å²) in [6.45, 7) is 4.00. The highest BCUT2D eigenvalue weighted by molar-refractivity contribution is 7.98. The topological polar surface area (TPSA) is 85.6 Å². The maximum absolute atomic E-state index is 12.9. The minimum atomic E-state index is -0.603. The molecule has 2 heterocycles. The minimum Gasteiger partial charge on any atom is -0.481 e. The van der Waals surface area contributed by atoms with Crippen LogP contribution in [0.4, 0.5) is 5.69 Å². The summed E-state index contributed by atoms with van der Waals surface area (Å²) >= 11 is 2.97. The van der Waals surface area contributed by atoms with E-state index in [1.807, 2.05) is 61.5 Å². The Morgan fingerprint density at radius 3 is 2.68 bits per heavy atom. The zero-order valence-corrected chi connectivity index (χ0v) is 20.7. The van der Waals surface area contributed by atoms with Crippen molar-refractivity contribution in [1.82, 2.24) is 14.6 Å². The molecule has 2 aromatic carbocycles. The Labute approximate surface area is 206 Å². The lowest BCUT2D eigenvalue weighted by atomic mass is 10.2.